The third-order valence-electron chi connectivity index (χ3n) is 2.61. The Morgan fingerprint density at radius 1 is 1.53 bits per heavy atom. The lowest BCUT2D eigenvalue weighted by molar-refractivity contribution is -0.380. The Morgan fingerprint density at radius 2 is 2.16 bits per heavy atom. The Hall–Kier alpha value is -1.96. The molecule has 1 aromatic heterocycles. The van der Waals surface area contributed by atoms with Gasteiger partial charge < -0.3 is 10.4 Å². The summed E-state index contributed by atoms with van der Waals surface area (Å²) in [6, 6.07) is 2.53. The molecule has 0 spiro atoms. The van der Waals surface area contributed by atoms with Gasteiger partial charge in [0.2, 0.25) is 0 Å². The third-order valence-corrected chi connectivity index (χ3v) is 3.64. The van der Waals surface area contributed by atoms with Crippen molar-refractivity contribution in [1.29, 1.82) is 0 Å². The van der Waals surface area contributed by atoms with Gasteiger partial charge in [0.05, 0.1) is 9.80 Å². The fraction of sp³-hybridized carbons (Fsp3) is 0.455. The fourth-order valence-electron chi connectivity index (χ4n) is 1.58. The molecule has 1 aromatic rings. The van der Waals surface area contributed by atoms with Gasteiger partial charge in [-0.3, -0.25) is 14.9 Å². The molecule has 0 fully saturated rings. The number of amides is 1. The minimum atomic E-state index is -1.37. The summed E-state index contributed by atoms with van der Waals surface area (Å²) in [5.41, 5.74) is -1.37. The number of carboxylic acids is 1. The summed E-state index contributed by atoms with van der Waals surface area (Å²) < 4.78 is 0. The lowest BCUT2D eigenvalue weighted by atomic mass is 9.96. The van der Waals surface area contributed by atoms with Crippen molar-refractivity contribution in [3.05, 3.63) is 27.1 Å². The van der Waals surface area contributed by atoms with E-state index in [0.717, 1.165) is 0 Å². The summed E-state index contributed by atoms with van der Waals surface area (Å²) in [7, 11) is 0. The molecule has 0 aliphatic heterocycles. The van der Waals surface area contributed by atoms with Gasteiger partial charge in [0.1, 0.15) is 5.54 Å². The van der Waals surface area contributed by atoms with Crippen molar-refractivity contribution in [3.8, 4) is 0 Å². The van der Waals surface area contributed by atoms with Crippen LogP contribution in [0.5, 0.6) is 0 Å². The van der Waals surface area contributed by atoms with Crippen molar-refractivity contribution in [1.82, 2.24) is 5.32 Å². The van der Waals surface area contributed by atoms with Crippen LogP contribution in [0.15, 0.2) is 12.1 Å². The summed E-state index contributed by atoms with van der Waals surface area (Å²) in [6.07, 6.45) is 0.870. The Kier molecular flexibility index (Phi) is 4.60. The molecule has 1 amide bonds. The highest BCUT2D eigenvalue weighted by molar-refractivity contribution is 7.17. The Morgan fingerprint density at radius 3 is 2.58 bits per heavy atom. The van der Waals surface area contributed by atoms with Crippen LogP contribution in [0.1, 0.15) is 36.4 Å². The molecular weight excluding hydrogens is 272 g/mol. The maximum absolute atomic E-state index is 11.9. The monoisotopic (exact) mass is 286 g/mol. The van der Waals surface area contributed by atoms with Crippen LogP contribution < -0.4 is 5.32 Å². The van der Waals surface area contributed by atoms with Gasteiger partial charge in [0.15, 0.2) is 0 Å². The zero-order valence-electron chi connectivity index (χ0n) is 10.5. The molecule has 0 aliphatic rings. The molecule has 0 saturated carbocycles. The lowest BCUT2D eigenvalue weighted by Crippen LogP contribution is -2.51. The molecular formula is C11H14N2O5S. The van der Waals surface area contributed by atoms with Gasteiger partial charge in [-0.15, -0.1) is 0 Å². The third kappa shape index (κ3) is 3.50. The molecule has 1 heterocycles. The highest BCUT2D eigenvalue weighted by Crippen LogP contribution is 2.24. The summed E-state index contributed by atoms with van der Waals surface area (Å²) in [4.78, 5) is 33.1. The fourth-order valence-corrected chi connectivity index (χ4v) is 2.30. The molecule has 19 heavy (non-hydrogen) atoms. The molecule has 7 nitrogen and oxygen atoms in total. The van der Waals surface area contributed by atoms with Gasteiger partial charge in [-0.05, 0) is 19.4 Å². The number of nitro groups is 1. The smallest absolute Gasteiger partial charge is 0.329 e. The SMILES string of the molecule is CCCC(C)(NC(=O)c1ccc([N+](=O)[O-])s1)C(=O)O. The molecule has 0 aliphatic carbocycles. The molecule has 0 aromatic carbocycles. The van der Waals surface area contributed by atoms with Crippen LogP contribution in [0.25, 0.3) is 0 Å². The van der Waals surface area contributed by atoms with Crippen molar-refractivity contribution in [3.63, 3.8) is 0 Å². The second kappa shape index (κ2) is 5.79. The lowest BCUT2D eigenvalue weighted by Gasteiger charge is -2.25. The normalized spacial score (nSPS) is 13.6. The van der Waals surface area contributed by atoms with Gasteiger partial charge in [-0.25, -0.2) is 4.79 Å². The summed E-state index contributed by atoms with van der Waals surface area (Å²) >= 11 is 0.716. The number of thiophene rings is 1. The second-order valence-corrected chi connectivity index (χ2v) is 5.30. The van der Waals surface area contributed by atoms with E-state index in [1.165, 1.54) is 19.1 Å². The van der Waals surface area contributed by atoms with E-state index < -0.39 is 22.3 Å². The van der Waals surface area contributed by atoms with Crippen molar-refractivity contribution >= 4 is 28.2 Å². The molecule has 1 rings (SSSR count). The van der Waals surface area contributed by atoms with Gasteiger partial charge in [0.25, 0.3) is 5.91 Å². The maximum Gasteiger partial charge on any atom is 0.329 e. The number of hydrogen-bond acceptors (Lipinski definition) is 5. The molecule has 104 valence electrons. The number of nitrogens with zero attached hydrogens (tertiary/aromatic N) is 1. The van der Waals surface area contributed by atoms with Gasteiger partial charge in [0, 0.05) is 6.07 Å². The van der Waals surface area contributed by atoms with Crippen LogP contribution in [0.3, 0.4) is 0 Å². The minimum absolute atomic E-state index is 0.121. The van der Waals surface area contributed by atoms with E-state index in [4.69, 9.17) is 5.11 Å². The Bertz CT molecular complexity index is 513. The summed E-state index contributed by atoms with van der Waals surface area (Å²) in [6.45, 7) is 3.22. The average Bonchev–Trinajstić information content (AvgIpc) is 2.78. The molecule has 2 N–H and O–H groups in total. The average molecular weight is 286 g/mol. The first-order valence-corrected chi connectivity index (χ1v) is 6.42. The van der Waals surface area contributed by atoms with Crippen molar-refractivity contribution in [2.75, 3.05) is 0 Å². The first-order valence-electron chi connectivity index (χ1n) is 5.60. The Labute approximate surface area is 113 Å². The van der Waals surface area contributed by atoms with E-state index in [-0.39, 0.29) is 16.3 Å². The molecule has 8 heteroatoms. The van der Waals surface area contributed by atoms with Crippen LogP contribution in [0, 0.1) is 10.1 Å². The van der Waals surface area contributed by atoms with Crippen LogP contribution in [0.4, 0.5) is 5.00 Å². The highest BCUT2D eigenvalue weighted by Gasteiger charge is 2.34. The summed E-state index contributed by atoms with van der Waals surface area (Å²) in [5.74, 6) is -1.75. The van der Waals surface area contributed by atoms with Crippen molar-refractivity contribution in [2.24, 2.45) is 0 Å². The zero-order valence-corrected chi connectivity index (χ0v) is 11.3. The number of carbonyl (C=O) groups is 2. The van der Waals surface area contributed by atoms with Gasteiger partial charge >= 0.3 is 11.0 Å². The Balaban J connectivity index is 2.87. The van der Waals surface area contributed by atoms with E-state index in [1.807, 2.05) is 6.92 Å². The van der Waals surface area contributed by atoms with Crippen molar-refractivity contribution < 1.29 is 19.6 Å². The zero-order chi connectivity index (χ0) is 14.6. The number of carbonyl (C=O) groups excluding carboxylic acids is 1. The van der Waals surface area contributed by atoms with Crippen LogP contribution in [0.2, 0.25) is 0 Å². The predicted molar refractivity (Wildman–Crippen MR) is 69.4 cm³/mol. The molecule has 0 saturated heterocycles. The number of aliphatic carboxylic acids is 1. The predicted octanol–water partition coefficient (Wildman–Crippen LogP) is 2.03. The summed E-state index contributed by atoms with van der Waals surface area (Å²) in [5, 5.41) is 21.9. The number of carboxylic acid groups (broad SMARTS) is 1. The van der Waals surface area contributed by atoms with Crippen molar-refractivity contribution in [2.45, 2.75) is 32.2 Å². The largest absolute Gasteiger partial charge is 0.480 e. The molecule has 0 bridgehead atoms. The first-order chi connectivity index (χ1) is 8.80. The first kappa shape index (κ1) is 15.1. The molecule has 1 atom stereocenters. The maximum atomic E-state index is 11.9. The van der Waals surface area contributed by atoms with E-state index in [2.05, 4.69) is 5.32 Å². The van der Waals surface area contributed by atoms with Gasteiger partial charge in [-0.1, -0.05) is 24.7 Å². The standard InChI is InChI=1S/C11H14N2O5S/c1-3-6-11(2,10(15)16)12-9(14)7-4-5-8(19-7)13(17)18/h4-5H,3,6H2,1-2H3,(H,12,14)(H,15,16). The number of nitrogens with one attached hydrogen (secondary N) is 1. The molecule has 0 radical (unpaired) electrons. The highest BCUT2D eigenvalue weighted by atomic mass is 32.1. The van der Waals surface area contributed by atoms with E-state index >= 15 is 0 Å². The number of rotatable bonds is 6. The quantitative estimate of drug-likeness (QED) is 0.614. The number of hydrogen-bond donors (Lipinski definition) is 2. The van der Waals surface area contributed by atoms with E-state index in [1.54, 1.807) is 0 Å². The minimum Gasteiger partial charge on any atom is -0.480 e. The van der Waals surface area contributed by atoms with Crippen LogP contribution >= 0.6 is 11.3 Å². The van der Waals surface area contributed by atoms with Crippen LogP contribution in [-0.2, 0) is 4.79 Å². The second-order valence-electron chi connectivity index (χ2n) is 4.24. The topological polar surface area (TPSA) is 110 Å². The van der Waals surface area contributed by atoms with E-state index in [0.29, 0.717) is 17.8 Å². The van der Waals surface area contributed by atoms with Crippen LogP contribution in [-0.4, -0.2) is 27.4 Å². The van der Waals surface area contributed by atoms with Gasteiger partial charge in [-0.2, -0.15) is 0 Å². The van der Waals surface area contributed by atoms with E-state index in [9.17, 15) is 19.7 Å². The molecule has 1 unspecified atom stereocenters.